The molecular formula is C18H29N3O3. The van der Waals surface area contributed by atoms with E-state index in [-0.39, 0.29) is 11.9 Å². The highest BCUT2D eigenvalue weighted by atomic mass is 16.5. The summed E-state index contributed by atoms with van der Waals surface area (Å²) in [5, 5.41) is 6.12. The van der Waals surface area contributed by atoms with Gasteiger partial charge in [-0.2, -0.15) is 0 Å². The summed E-state index contributed by atoms with van der Waals surface area (Å²) in [6.45, 7) is 4.38. The Bertz CT molecular complexity index is 487. The normalized spacial score (nSPS) is 16.1. The van der Waals surface area contributed by atoms with E-state index < -0.39 is 0 Å². The predicted molar refractivity (Wildman–Crippen MR) is 94.3 cm³/mol. The molecule has 1 aromatic rings. The Kier molecular flexibility index (Phi) is 8.01. The van der Waals surface area contributed by atoms with E-state index in [1.54, 1.807) is 14.2 Å². The number of methoxy groups -OCH3 is 2. The topological polar surface area (TPSA) is 62.8 Å². The minimum atomic E-state index is 0.00181. The maximum absolute atomic E-state index is 11.8. The number of carbonyl (C=O) groups excluding carboxylic acids is 1. The third-order valence-electron chi connectivity index (χ3n) is 4.33. The van der Waals surface area contributed by atoms with E-state index in [4.69, 9.17) is 9.47 Å². The molecule has 0 spiro atoms. The van der Waals surface area contributed by atoms with Crippen LogP contribution in [0.1, 0.15) is 24.4 Å². The van der Waals surface area contributed by atoms with Gasteiger partial charge in [-0.25, -0.2) is 0 Å². The van der Waals surface area contributed by atoms with Gasteiger partial charge in [0.05, 0.1) is 20.3 Å². The minimum Gasteiger partial charge on any atom is -0.497 e. The second kappa shape index (κ2) is 10.3. The molecule has 6 heteroatoms. The highest BCUT2D eigenvalue weighted by molar-refractivity contribution is 5.77. The van der Waals surface area contributed by atoms with Crippen molar-refractivity contribution >= 4 is 5.91 Å². The molecule has 0 radical (unpaired) electrons. The van der Waals surface area contributed by atoms with Crippen molar-refractivity contribution in [3.63, 3.8) is 0 Å². The standard InChI is InChI=1S/C18H29N3O3/c1-23-12-9-20-18(22)14-19-13-17(21-10-3-4-11-21)15-5-7-16(24-2)8-6-15/h5-8,17,19H,3-4,9-14H2,1-2H3,(H,20,22)/t17-/m1/s1. The summed E-state index contributed by atoms with van der Waals surface area (Å²) in [6, 6.07) is 8.50. The van der Waals surface area contributed by atoms with Crippen LogP contribution in [-0.2, 0) is 9.53 Å². The van der Waals surface area contributed by atoms with Crippen LogP contribution in [0, 0.1) is 0 Å². The fourth-order valence-corrected chi connectivity index (χ4v) is 3.01. The minimum absolute atomic E-state index is 0.00181. The third-order valence-corrected chi connectivity index (χ3v) is 4.33. The fraction of sp³-hybridized carbons (Fsp3) is 0.611. The van der Waals surface area contributed by atoms with E-state index in [2.05, 4.69) is 27.7 Å². The van der Waals surface area contributed by atoms with Gasteiger partial charge < -0.3 is 20.1 Å². The number of amides is 1. The van der Waals surface area contributed by atoms with Crippen molar-refractivity contribution in [2.45, 2.75) is 18.9 Å². The van der Waals surface area contributed by atoms with E-state index >= 15 is 0 Å². The lowest BCUT2D eigenvalue weighted by molar-refractivity contribution is -0.120. The number of rotatable bonds is 10. The maximum Gasteiger partial charge on any atom is 0.234 e. The van der Waals surface area contributed by atoms with E-state index in [0.717, 1.165) is 25.4 Å². The van der Waals surface area contributed by atoms with E-state index in [0.29, 0.717) is 19.7 Å². The number of hydrogen-bond donors (Lipinski definition) is 2. The Morgan fingerprint density at radius 2 is 1.92 bits per heavy atom. The second-order valence-corrected chi connectivity index (χ2v) is 6.01. The first-order valence-electron chi connectivity index (χ1n) is 8.59. The number of nitrogens with zero attached hydrogens (tertiary/aromatic N) is 1. The molecule has 1 heterocycles. The zero-order chi connectivity index (χ0) is 17.2. The van der Waals surface area contributed by atoms with Gasteiger partial charge in [0, 0.05) is 26.2 Å². The van der Waals surface area contributed by atoms with Crippen LogP contribution < -0.4 is 15.4 Å². The molecular weight excluding hydrogens is 306 g/mol. The molecule has 134 valence electrons. The van der Waals surface area contributed by atoms with Crippen molar-refractivity contribution in [1.29, 1.82) is 0 Å². The molecule has 1 amide bonds. The molecule has 1 atom stereocenters. The number of hydrogen-bond acceptors (Lipinski definition) is 5. The Morgan fingerprint density at radius 3 is 2.54 bits per heavy atom. The van der Waals surface area contributed by atoms with Crippen molar-refractivity contribution in [2.24, 2.45) is 0 Å². The van der Waals surface area contributed by atoms with Gasteiger partial charge in [0.1, 0.15) is 5.75 Å². The quantitative estimate of drug-likeness (QED) is 0.629. The van der Waals surface area contributed by atoms with Gasteiger partial charge in [-0.1, -0.05) is 12.1 Å². The highest BCUT2D eigenvalue weighted by Crippen LogP contribution is 2.26. The van der Waals surface area contributed by atoms with Gasteiger partial charge in [-0.3, -0.25) is 9.69 Å². The summed E-state index contributed by atoms with van der Waals surface area (Å²) in [5.74, 6) is 0.867. The first kappa shape index (κ1) is 18.7. The van der Waals surface area contributed by atoms with Gasteiger partial charge in [0.2, 0.25) is 5.91 Å². The van der Waals surface area contributed by atoms with Crippen LogP contribution in [0.3, 0.4) is 0 Å². The monoisotopic (exact) mass is 335 g/mol. The molecule has 24 heavy (non-hydrogen) atoms. The number of likely N-dealkylation sites (tertiary alicyclic amines) is 1. The summed E-state index contributed by atoms with van der Waals surface area (Å²) in [4.78, 5) is 14.3. The van der Waals surface area contributed by atoms with Gasteiger partial charge in [0.25, 0.3) is 0 Å². The Morgan fingerprint density at radius 1 is 1.21 bits per heavy atom. The smallest absolute Gasteiger partial charge is 0.234 e. The predicted octanol–water partition coefficient (Wildman–Crippen LogP) is 1.18. The Hall–Kier alpha value is -1.63. The number of benzene rings is 1. The Balaban J connectivity index is 1.88. The molecule has 1 fully saturated rings. The van der Waals surface area contributed by atoms with E-state index in [1.165, 1.54) is 18.4 Å². The fourth-order valence-electron chi connectivity index (χ4n) is 3.01. The summed E-state index contributed by atoms with van der Waals surface area (Å²) in [5.41, 5.74) is 1.25. The molecule has 0 aromatic heterocycles. The van der Waals surface area contributed by atoms with Gasteiger partial charge in [-0.05, 0) is 43.6 Å². The van der Waals surface area contributed by atoms with Crippen molar-refractivity contribution in [3.8, 4) is 5.75 Å². The summed E-state index contributed by atoms with van der Waals surface area (Å²) < 4.78 is 10.2. The molecule has 0 aliphatic carbocycles. The van der Waals surface area contributed by atoms with E-state index in [9.17, 15) is 4.79 Å². The molecule has 2 N–H and O–H groups in total. The van der Waals surface area contributed by atoms with Gasteiger partial charge in [-0.15, -0.1) is 0 Å². The van der Waals surface area contributed by atoms with Crippen LogP contribution in [0.5, 0.6) is 5.75 Å². The first-order valence-corrected chi connectivity index (χ1v) is 8.59. The van der Waals surface area contributed by atoms with Crippen LogP contribution in [0.15, 0.2) is 24.3 Å². The average molecular weight is 335 g/mol. The second-order valence-electron chi connectivity index (χ2n) is 6.01. The van der Waals surface area contributed by atoms with Crippen molar-refractivity contribution in [1.82, 2.24) is 15.5 Å². The zero-order valence-electron chi connectivity index (χ0n) is 14.7. The van der Waals surface area contributed by atoms with Crippen molar-refractivity contribution in [2.75, 3.05) is 53.6 Å². The van der Waals surface area contributed by atoms with Crippen LogP contribution >= 0.6 is 0 Å². The van der Waals surface area contributed by atoms with Crippen LogP contribution in [0.25, 0.3) is 0 Å². The van der Waals surface area contributed by atoms with Gasteiger partial charge in [0.15, 0.2) is 0 Å². The molecule has 0 saturated carbocycles. The van der Waals surface area contributed by atoms with Crippen LogP contribution in [-0.4, -0.2) is 64.4 Å². The molecule has 1 saturated heterocycles. The first-order chi connectivity index (χ1) is 11.7. The van der Waals surface area contributed by atoms with Crippen molar-refractivity contribution < 1.29 is 14.3 Å². The summed E-state index contributed by atoms with van der Waals surface area (Å²) in [7, 11) is 3.30. The molecule has 1 aliphatic heterocycles. The molecule has 1 aliphatic rings. The average Bonchev–Trinajstić information content (AvgIpc) is 3.13. The third kappa shape index (κ3) is 5.78. The zero-order valence-corrected chi connectivity index (χ0v) is 14.7. The number of carbonyl (C=O) groups is 1. The summed E-state index contributed by atoms with van der Waals surface area (Å²) in [6.07, 6.45) is 2.48. The number of nitrogens with one attached hydrogen (secondary N) is 2. The highest BCUT2D eigenvalue weighted by Gasteiger charge is 2.23. The van der Waals surface area contributed by atoms with E-state index in [1.807, 2.05) is 12.1 Å². The lowest BCUT2D eigenvalue weighted by Crippen LogP contribution is -2.40. The SMILES string of the molecule is COCCNC(=O)CNC[C@H](c1ccc(OC)cc1)N1CCCC1. The summed E-state index contributed by atoms with van der Waals surface area (Å²) >= 11 is 0. The maximum atomic E-state index is 11.8. The lowest BCUT2D eigenvalue weighted by atomic mass is 10.1. The van der Waals surface area contributed by atoms with Crippen LogP contribution in [0.4, 0.5) is 0 Å². The largest absolute Gasteiger partial charge is 0.497 e. The van der Waals surface area contributed by atoms with Gasteiger partial charge >= 0.3 is 0 Å². The molecule has 0 bridgehead atoms. The molecule has 0 unspecified atom stereocenters. The molecule has 6 nitrogen and oxygen atoms in total. The molecule has 1 aromatic carbocycles. The van der Waals surface area contributed by atoms with Crippen molar-refractivity contribution in [3.05, 3.63) is 29.8 Å². The Labute approximate surface area is 144 Å². The molecule has 2 rings (SSSR count). The van der Waals surface area contributed by atoms with Crippen LogP contribution in [0.2, 0.25) is 0 Å². The lowest BCUT2D eigenvalue weighted by Gasteiger charge is -2.28. The number of ether oxygens (including phenoxy) is 2.